The van der Waals surface area contributed by atoms with Gasteiger partial charge in [0.15, 0.2) is 0 Å². The predicted octanol–water partition coefficient (Wildman–Crippen LogP) is 3.73. The third kappa shape index (κ3) is 2.51. The van der Waals surface area contributed by atoms with Gasteiger partial charge in [-0.05, 0) is 37.1 Å². The summed E-state index contributed by atoms with van der Waals surface area (Å²) in [6.07, 6.45) is 0. The minimum Gasteiger partial charge on any atom is -0.456 e. The number of ether oxygens (including phenoxy) is 1. The molecule has 0 saturated heterocycles. The third-order valence-electron chi connectivity index (χ3n) is 2.78. The van der Waals surface area contributed by atoms with Crippen LogP contribution in [0.15, 0.2) is 42.5 Å². The number of benzene rings is 2. The number of aryl methyl sites for hydroxylation is 2. The summed E-state index contributed by atoms with van der Waals surface area (Å²) in [5, 5.41) is 0. The van der Waals surface area contributed by atoms with Crippen LogP contribution < -0.4 is 10.5 Å². The number of rotatable bonds is 3. The Bertz CT molecular complexity index is 593. The average molecular weight is 257 g/mol. The maximum absolute atomic E-state index is 5.96. The van der Waals surface area contributed by atoms with Gasteiger partial charge in [0.05, 0.1) is 5.56 Å². The second-order valence-electron chi connectivity index (χ2n) is 4.18. The molecule has 0 saturated carbocycles. The quantitative estimate of drug-likeness (QED) is 0.851. The zero-order chi connectivity index (χ0) is 13.1. The number of hydrogen-bond acceptors (Lipinski definition) is 2. The molecule has 2 nitrogen and oxygen atoms in total. The third-order valence-corrected chi connectivity index (χ3v) is 3.00. The first kappa shape index (κ1) is 12.6. The molecule has 0 bridgehead atoms. The van der Waals surface area contributed by atoms with E-state index >= 15 is 0 Å². The van der Waals surface area contributed by atoms with Gasteiger partial charge in [0, 0.05) is 0 Å². The van der Waals surface area contributed by atoms with Crippen LogP contribution in [-0.2, 0) is 0 Å². The summed E-state index contributed by atoms with van der Waals surface area (Å²) in [6, 6.07) is 13.7. The van der Waals surface area contributed by atoms with Crippen molar-refractivity contribution in [3.63, 3.8) is 0 Å². The van der Waals surface area contributed by atoms with E-state index in [-0.39, 0.29) is 0 Å². The molecular formula is C15H15NOS. The Morgan fingerprint density at radius 2 is 1.67 bits per heavy atom. The topological polar surface area (TPSA) is 35.2 Å². The highest BCUT2D eigenvalue weighted by molar-refractivity contribution is 7.80. The molecule has 0 radical (unpaired) electrons. The van der Waals surface area contributed by atoms with Gasteiger partial charge in [0.25, 0.3) is 0 Å². The summed E-state index contributed by atoms with van der Waals surface area (Å²) in [6.45, 7) is 3.99. The lowest BCUT2D eigenvalue weighted by molar-refractivity contribution is 0.474. The molecule has 3 heteroatoms. The summed E-state index contributed by atoms with van der Waals surface area (Å²) in [4.78, 5) is 0.349. The Hall–Kier alpha value is -1.87. The molecule has 0 aliphatic heterocycles. The Morgan fingerprint density at radius 3 is 2.33 bits per heavy atom. The van der Waals surface area contributed by atoms with E-state index in [4.69, 9.17) is 22.7 Å². The molecule has 92 valence electrons. The van der Waals surface area contributed by atoms with Crippen molar-refractivity contribution < 1.29 is 4.74 Å². The van der Waals surface area contributed by atoms with Gasteiger partial charge in [-0.25, -0.2) is 0 Å². The highest BCUT2D eigenvalue weighted by Crippen LogP contribution is 2.30. The van der Waals surface area contributed by atoms with Crippen LogP contribution >= 0.6 is 12.2 Å². The molecule has 2 aromatic carbocycles. The number of para-hydroxylation sites is 2. The van der Waals surface area contributed by atoms with Crippen molar-refractivity contribution in [3.05, 3.63) is 59.2 Å². The first-order valence-electron chi connectivity index (χ1n) is 5.72. The van der Waals surface area contributed by atoms with E-state index in [1.54, 1.807) is 0 Å². The smallest absolute Gasteiger partial charge is 0.140 e. The zero-order valence-corrected chi connectivity index (χ0v) is 11.3. The van der Waals surface area contributed by atoms with Crippen LogP contribution in [0.4, 0.5) is 0 Å². The molecule has 0 atom stereocenters. The monoisotopic (exact) mass is 257 g/mol. The molecule has 0 spiro atoms. The van der Waals surface area contributed by atoms with Gasteiger partial charge in [0.1, 0.15) is 16.5 Å². The van der Waals surface area contributed by atoms with Crippen molar-refractivity contribution in [2.24, 2.45) is 5.73 Å². The lowest BCUT2D eigenvalue weighted by atomic mass is 10.1. The zero-order valence-electron chi connectivity index (χ0n) is 10.4. The summed E-state index contributed by atoms with van der Waals surface area (Å²) in [5.41, 5.74) is 8.59. The van der Waals surface area contributed by atoms with Crippen molar-refractivity contribution in [2.45, 2.75) is 13.8 Å². The van der Waals surface area contributed by atoms with Gasteiger partial charge in [-0.3, -0.25) is 0 Å². The van der Waals surface area contributed by atoms with Crippen LogP contribution in [0.1, 0.15) is 16.7 Å². The SMILES string of the molecule is Cc1ccccc1Oc1c(C)cccc1C(N)=S. The minimum absolute atomic E-state index is 0.349. The molecule has 0 aliphatic rings. The van der Waals surface area contributed by atoms with E-state index in [1.165, 1.54) is 0 Å². The largest absolute Gasteiger partial charge is 0.456 e. The van der Waals surface area contributed by atoms with E-state index in [0.29, 0.717) is 4.99 Å². The fourth-order valence-electron chi connectivity index (χ4n) is 1.76. The van der Waals surface area contributed by atoms with Crippen molar-refractivity contribution >= 4 is 17.2 Å². The van der Waals surface area contributed by atoms with Crippen LogP contribution in [0.25, 0.3) is 0 Å². The molecule has 0 amide bonds. The second-order valence-corrected chi connectivity index (χ2v) is 4.62. The summed E-state index contributed by atoms with van der Waals surface area (Å²) in [5.74, 6) is 1.56. The van der Waals surface area contributed by atoms with E-state index in [1.807, 2.05) is 56.3 Å². The molecule has 0 fully saturated rings. The number of thiocarbonyl (C=S) groups is 1. The van der Waals surface area contributed by atoms with Crippen molar-refractivity contribution in [1.82, 2.24) is 0 Å². The van der Waals surface area contributed by atoms with Gasteiger partial charge in [-0.2, -0.15) is 0 Å². The van der Waals surface area contributed by atoms with Crippen molar-refractivity contribution in [3.8, 4) is 11.5 Å². The highest BCUT2D eigenvalue weighted by atomic mass is 32.1. The van der Waals surface area contributed by atoms with Crippen LogP contribution in [0.5, 0.6) is 11.5 Å². The average Bonchev–Trinajstić information content (AvgIpc) is 2.34. The molecule has 0 aliphatic carbocycles. The molecule has 18 heavy (non-hydrogen) atoms. The Morgan fingerprint density at radius 1 is 1.00 bits per heavy atom. The maximum atomic E-state index is 5.96. The normalized spacial score (nSPS) is 10.1. The van der Waals surface area contributed by atoms with E-state index in [0.717, 1.165) is 28.2 Å². The molecule has 0 heterocycles. The number of nitrogens with two attached hydrogens (primary N) is 1. The predicted molar refractivity (Wildman–Crippen MR) is 78.3 cm³/mol. The van der Waals surface area contributed by atoms with Crippen LogP contribution in [0.3, 0.4) is 0 Å². The fourth-order valence-corrected chi connectivity index (χ4v) is 1.92. The Kier molecular flexibility index (Phi) is 3.63. The first-order chi connectivity index (χ1) is 8.59. The Labute approximate surface area is 112 Å². The number of hydrogen-bond donors (Lipinski definition) is 1. The molecular weight excluding hydrogens is 242 g/mol. The lowest BCUT2D eigenvalue weighted by Gasteiger charge is -2.14. The minimum atomic E-state index is 0.349. The van der Waals surface area contributed by atoms with Crippen LogP contribution in [-0.4, -0.2) is 4.99 Å². The van der Waals surface area contributed by atoms with E-state index in [9.17, 15) is 0 Å². The molecule has 2 aromatic rings. The van der Waals surface area contributed by atoms with Gasteiger partial charge in [-0.1, -0.05) is 42.5 Å². The summed E-state index contributed by atoms with van der Waals surface area (Å²) >= 11 is 5.06. The molecule has 0 unspecified atom stereocenters. The van der Waals surface area contributed by atoms with Crippen molar-refractivity contribution in [2.75, 3.05) is 0 Å². The van der Waals surface area contributed by atoms with Gasteiger partial charge in [0.2, 0.25) is 0 Å². The summed E-state index contributed by atoms with van der Waals surface area (Å²) in [7, 11) is 0. The van der Waals surface area contributed by atoms with Gasteiger partial charge in [-0.15, -0.1) is 0 Å². The fraction of sp³-hybridized carbons (Fsp3) is 0.133. The van der Waals surface area contributed by atoms with Crippen LogP contribution in [0, 0.1) is 13.8 Å². The molecule has 0 aromatic heterocycles. The molecule has 2 rings (SSSR count). The standard InChI is InChI=1S/C15H15NOS/c1-10-6-3-4-9-13(10)17-14-11(2)7-5-8-12(14)15(16)18/h3-9H,1-2H3,(H2,16,18). The second kappa shape index (κ2) is 5.19. The lowest BCUT2D eigenvalue weighted by Crippen LogP contribution is -2.11. The van der Waals surface area contributed by atoms with Crippen molar-refractivity contribution in [1.29, 1.82) is 0 Å². The molecule has 2 N–H and O–H groups in total. The highest BCUT2D eigenvalue weighted by Gasteiger charge is 2.11. The summed E-state index contributed by atoms with van der Waals surface area (Å²) < 4.78 is 5.96. The van der Waals surface area contributed by atoms with E-state index in [2.05, 4.69) is 0 Å². The van der Waals surface area contributed by atoms with Gasteiger partial charge < -0.3 is 10.5 Å². The van der Waals surface area contributed by atoms with Gasteiger partial charge >= 0.3 is 0 Å². The van der Waals surface area contributed by atoms with E-state index < -0.39 is 0 Å². The first-order valence-corrected chi connectivity index (χ1v) is 6.13. The van der Waals surface area contributed by atoms with Crippen LogP contribution in [0.2, 0.25) is 0 Å². The maximum Gasteiger partial charge on any atom is 0.140 e. The Balaban J connectivity index is 2.46.